The van der Waals surface area contributed by atoms with Crippen LogP contribution in [-0.2, 0) is 32.6 Å². The molecule has 0 radical (unpaired) electrons. The lowest BCUT2D eigenvalue weighted by atomic mass is 10.0. The van der Waals surface area contributed by atoms with Gasteiger partial charge in [-0.25, -0.2) is 8.42 Å². The molecule has 2 atom stereocenters. The molecule has 39 heavy (non-hydrogen) atoms. The Bertz CT molecular complexity index is 1370. The van der Waals surface area contributed by atoms with Crippen molar-refractivity contribution in [3.63, 3.8) is 0 Å². The van der Waals surface area contributed by atoms with Crippen LogP contribution in [0.5, 0.6) is 0 Å². The predicted molar refractivity (Wildman–Crippen MR) is 160 cm³/mol. The largest absolute Gasteiger partial charge is 0.352 e. The zero-order valence-corrected chi connectivity index (χ0v) is 25.3. The molecule has 2 amide bonds. The van der Waals surface area contributed by atoms with E-state index in [0.717, 1.165) is 28.1 Å². The SMILES string of the molecule is CCC(C)NC(=O)C(Cc1ccccc1)N(Cc1ccc(Cl)cc1)C(=O)CN(c1cccc(Br)c1)S(C)(=O)=O. The monoisotopic (exact) mass is 633 g/mol. The van der Waals surface area contributed by atoms with Crippen molar-refractivity contribution >= 4 is 55.1 Å². The molecule has 0 heterocycles. The minimum atomic E-state index is -3.82. The van der Waals surface area contributed by atoms with Gasteiger partial charge in [0.1, 0.15) is 12.6 Å². The molecular formula is C29H33BrClN3O4S. The molecule has 0 saturated heterocycles. The average Bonchev–Trinajstić information content (AvgIpc) is 2.90. The second-order valence-electron chi connectivity index (χ2n) is 9.42. The summed E-state index contributed by atoms with van der Waals surface area (Å²) in [6.45, 7) is 3.50. The summed E-state index contributed by atoms with van der Waals surface area (Å²) in [6, 6.07) is 22.2. The molecule has 10 heteroatoms. The van der Waals surface area contributed by atoms with Crippen LogP contribution in [-0.4, -0.2) is 50.0 Å². The maximum atomic E-state index is 14.0. The number of amides is 2. The third-order valence-electron chi connectivity index (χ3n) is 6.31. The normalized spacial score (nSPS) is 12.8. The molecular weight excluding hydrogens is 602 g/mol. The summed E-state index contributed by atoms with van der Waals surface area (Å²) in [5.74, 6) is -0.806. The summed E-state index contributed by atoms with van der Waals surface area (Å²) in [5.41, 5.74) is 1.98. The van der Waals surface area contributed by atoms with Crippen LogP contribution in [0, 0.1) is 0 Å². The fourth-order valence-corrected chi connectivity index (χ4v) is 5.38. The van der Waals surface area contributed by atoms with Crippen LogP contribution in [0.3, 0.4) is 0 Å². The average molecular weight is 635 g/mol. The van der Waals surface area contributed by atoms with Crippen LogP contribution in [0.1, 0.15) is 31.4 Å². The first-order valence-electron chi connectivity index (χ1n) is 12.6. The van der Waals surface area contributed by atoms with Gasteiger partial charge in [0, 0.05) is 28.5 Å². The fraction of sp³-hybridized carbons (Fsp3) is 0.310. The number of nitrogens with one attached hydrogen (secondary N) is 1. The van der Waals surface area contributed by atoms with Crippen LogP contribution in [0.15, 0.2) is 83.3 Å². The first kappa shape index (κ1) is 30.7. The number of nitrogens with zero attached hydrogens (tertiary/aromatic N) is 2. The van der Waals surface area contributed by atoms with E-state index in [9.17, 15) is 18.0 Å². The first-order valence-corrected chi connectivity index (χ1v) is 15.6. The zero-order valence-electron chi connectivity index (χ0n) is 22.2. The van der Waals surface area contributed by atoms with Crippen molar-refractivity contribution in [1.29, 1.82) is 0 Å². The van der Waals surface area contributed by atoms with Crippen molar-refractivity contribution in [1.82, 2.24) is 10.2 Å². The Morgan fingerprint density at radius 2 is 1.64 bits per heavy atom. The molecule has 0 spiro atoms. The Morgan fingerprint density at radius 3 is 2.23 bits per heavy atom. The third kappa shape index (κ3) is 9.08. The predicted octanol–water partition coefficient (Wildman–Crippen LogP) is 5.42. The summed E-state index contributed by atoms with van der Waals surface area (Å²) in [7, 11) is -3.82. The van der Waals surface area contributed by atoms with E-state index in [4.69, 9.17) is 11.6 Å². The van der Waals surface area contributed by atoms with Crippen molar-refractivity contribution in [3.8, 4) is 0 Å². The summed E-state index contributed by atoms with van der Waals surface area (Å²) in [4.78, 5) is 29.1. The maximum absolute atomic E-state index is 14.0. The molecule has 3 aromatic carbocycles. The van der Waals surface area contributed by atoms with Gasteiger partial charge in [0.05, 0.1) is 11.9 Å². The van der Waals surface area contributed by atoms with E-state index in [-0.39, 0.29) is 24.9 Å². The molecule has 0 aliphatic heterocycles. The van der Waals surface area contributed by atoms with Crippen LogP contribution < -0.4 is 9.62 Å². The Hall–Kier alpha value is -2.88. The number of hydrogen-bond donors (Lipinski definition) is 1. The van der Waals surface area contributed by atoms with Gasteiger partial charge in [0.15, 0.2) is 0 Å². The van der Waals surface area contributed by atoms with E-state index in [0.29, 0.717) is 15.2 Å². The second kappa shape index (κ2) is 14.0. The highest BCUT2D eigenvalue weighted by atomic mass is 79.9. The van der Waals surface area contributed by atoms with Gasteiger partial charge in [-0.3, -0.25) is 13.9 Å². The summed E-state index contributed by atoms with van der Waals surface area (Å²) in [6.07, 6.45) is 2.04. The number of halogens is 2. The maximum Gasteiger partial charge on any atom is 0.244 e. The smallest absolute Gasteiger partial charge is 0.244 e. The second-order valence-corrected chi connectivity index (χ2v) is 12.7. The van der Waals surface area contributed by atoms with E-state index < -0.39 is 28.5 Å². The molecule has 0 fully saturated rings. The van der Waals surface area contributed by atoms with Crippen molar-refractivity contribution in [2.24, 2.45) is 0 Å². The van der Waals surface area contributed by atoms with E-state index >= 15 is 0 Å². The standard InChI is InChI=1S/C29H33BrClN3O4S/c1-4-21(2)32-29(36)27(17-22-9-6-5-7-10-22)33(19-23-13-15-25(31)16-14-23)28(35)20-34(39(3,37)38)26-12-8-11-24(30)18-26/h5-16,18,21,27H,4,17,19-20H2,1-3H3,(H,32,36). The number of sulfonamides is 1. The highest BCUT2D eigenvalue weighted by molar-refractivity contribution is 9.10. The molecule has 2 unspecified atom stereocenters. The number of carbonyl (C=O) groups excluding carboxylic acids is 2. The third-order valence-corrected chi connectivity index (χ3v) is 8.20. The molecule has 1 N–H and O–H groups in total. The molecule has 0 bridgehead atoms. The van der Waals surface area contributed by atoms with Gasteiger partial charge in [-0.15, -0.1) is 0 Å². The van der Waals surface area contributed by atoms with E-state index in [2.05, 4.69) is 21.2 Å². The van der Waals surface area contributed by atoms with E-state index in [1.807, 2.05) is 44.2 Å². The fourth-order valence-electron chi connectivity index (χ4n) is 4.03. The minimum Gasteiger partial charge on any atom is -0.352 e. The first-order chi connectivity index (χ1) is 18.5. The highest BCUT2D eigenvalue weighted by Crippen LogP contribution is 2.24. The zero-order chi connectivity index (χ0) is 28.6. The number of anilines is 1. The quantitative estimate of drug-likeness (QED) is 0.288. The summed E-state index contributed by atoms with van der Waals surface area (Å²) < 4.78 is 27.4. The van der Waals surface area contributed by atoms with Gasteiger partial charge >= 0.3 is 0 Å². The van der Waals surface area contributed by atoms with E-state index in [1.165, 1.54) is 4.90 Å². The van der Waals surface area contributed by atoms with Crippen LogP contribution >= 0.6 is 27.5 Å². The molecule has 3 rings (SSSR count). The molecule has 0 aliphatic rings. The Morgan fingerprint density at radius 1 is 0.974 bits per heavy atom. The Balaban J connectivity index is 2.05. The van der Waals surface area contributed by atoms with Crippen LogP contribution in [0.2, 0.25) is 5.02 Å². The van der Waals surface area contributed by atoms with Gasteiger partial charge in [-0.2, -0.15) is 0 Å². The molecule has 7 nitrogen and oxygen atoms in total. The van der Waals surface area contributed by atoms with Crippen molar-refractivity contribution in [2.75, 3.05) is 17.1 Å². The van der Waals surface area contributed by atoms with Gasteiger partial charge in [-0.1, -0.05) is 83.0 Å². The van der Waals surface area contributed by atoms with Crippen molar-refractivity contribution in [2.45, 2.75) is 45.3 Å². The van der Waals surface area contributed by atoms with Crippen molar-refractivity contribution in [3.05, 3.63) is 99.5 Å². The lowest BCUT2D eigenvalue weighted by Crippen LogP contribution is -2.54. The van der Waals surface area contributed by atoms with Gasteiger partial charge in [0.25, 0.3) is 0 Å². The lowest BCUT2D eigenvalue weighted by molar-refractivity contribution is -0.140. The van der Waals surface area contributed by atoms with Crippen LogP contribution in [0.25, 0.3) is 0 Å². The summed E-state index contributed by atoms with van der Waals surface area (Å²) >= 11 is 9.45. The minimum absolute atomic E-state index is 0.0948. The van der Waals surface area contributed by atoms with Gasteiger partial charge < -0.3 is 10.2 Å². The van der Waals surface area contributed by atoms with Crippen LogP contribution in [0.4, 0.5) is 5.69 Å². The Kier molecular flexibility index (Phi) is 11.0. The lowest BCUT2D eigenvalue weighted by Gasteiger charge is -2.34. The van der Waals surface area contributed by atoms with Crippen molar-refractivity contribution < 1.29 is 18.0 Å². The molecule has 0 aliphatic carbocycles. The number of carbonyl (C=O) groups is 2. The number of benzene rings is 3. The Labute approximate surface area is 244 Å². The highest BCUT2D eigenvalue weighted by Gasteiger charge is 2.33. The van der Waals surface area contributed by atoms with E-state index in [1.54, 1.807) is 48.5 Å². The topological polar surface area (TPSA) is 86.8 Å². The molecule has 208 valence electrons. The molecule has 3 aromatic rings. The summed E-state index contributed by atoms with van der Waals surface area (Å²) in [5, 5.41) is 3.56. The van der Waals surface area contributed by atoms with Gasteiger partial charge in [0.2, 0.25) is 21.8 Å². The number of hydrogen-bond acceptors (Lipinski definition) is 4. The number of rotatable bonds is 12. The van der Waals surface area contributed by atoms with Gasteiger partial charge in [-0.05, 0) is 54.8 Å². The molecule has 0 saturated carbocycles. The molecule has 0 aromatic heterocycles.